The summed E-state index contributed by atoms with van der Waals surface area (Å²) < 4.78 is 0. The van der Waals surface area contributed by atoms with Crippen LogP contribution in [0.4, 0.5) is 4.79 Å². The second kappa shape index (κ2) is 2.72. The van der Waals surface area contributed by atoms with Crippen LogP contribution in [-0.2, 0) is 0 Å². The molecule has 0 heterocycles. The van der Waals surface area contributed by atoms with E-state index in [2.05, 4.69) is 5.73 Å². The van der Waals surface area contributed by atoms with Gasteiger partial charge in [-0.2, -0.15) is 5.12 Å². The maximum absolute atomic E-state index is 9.95. The number of hydrogen-bond acceptors (Lipinski definition) is 3. The lowest BCUT2D eigenvalue weighted by atomic mass is 11.0. The number of nitrogens with zero attached hydrogens (tertiary/aromatic N) is 1. The van der Waals surface area contributed by atoms with Crippen LogP contribution in [-0.4, -0.2) is 17.1 Å². The number of hydrazine groups is 2. The van der Waals surface area contributed by atoms with Crippen LogP contribution in [0.1, 0.15) is 0 Å². The molecule has 0 aliphatic rings. The van der Waals surface area contributed by atoms with Crippen molar-refractivity contribution in [1.82, 2.24) is 10.5 Å². The maximum Gasteiger partial charge on any atom is 0.332 e. The summed E-state index contributed by atoms with van der Waals surface area (Å²) in [5, 5.41) is 7.10. The highest BCUT2D eigenvalue weighted by Crippen LogP contribution is 1.62. The number of urea groups is 1. The van der Waals surface area contributed by atoms with E-state index in [4.69, 9.17) is 17.0 Å². The van der Waals surface area contributed by atoms with Gasteiger partial charge in [0.15, 0.2) is 0 Å². The molecule has 0 aromatic heterocycles. The lowest BCUT2D eigenvalue weighted by molar-refractivity contribution is 0.225. The molecule has 0 fully saturated rings. The van der Waals surface area contributed by atoms with Crippen molar-refractivity contribution in [2.45, 2.75) is 0 Å². The van der Waals surface area contributed by atoms with E-state index in [1.807, 2.05) is 5.43 Å². The molecule has 9 heavy (non-hydrogen) atoms. The Morgan fingerprint density at radius 3 is 2.11 bits per heavy atom. The Hall–Kier alpha value is -1.50. The number of rotatable bonds is 0. The highest BCUT2D eigenvalue weighted by molar-refractivity contribution is 5.78. The highest BCUT2D eigenvalue weighted by atomic mass is 16.2. The van der Waals surface area contributed by atoms with Crippen molar-refractivity contribution in [2.75, 3.05) is 0 Å². The van der Waals surface area contributed by atoms with Gasteiger partial charge in [0.25, 0.3) is 0 Å². The molecular formula is C2H8N6O. The third-order valence-corrected chi connectivity index (χ3v) is 0.490. The van der Waals surface area contributed by atoms with E-state index in [-0.39, 0.29) is 0 Å². The number of hydrogen-bond donors (Lipinski definition) is 5. The summed E-state index contributed by atoms with van der Waals surface area (Å²) in [6.45, 7) is 0. The van der Waals surface area contributed by atoms with Crippen molar-refractivity contribution in [3.8, 4) is 0 Å². The van der Waals surface area contributed by atoms with Gasteiger partial charge in [0.2, 0.25) is 5.96 Å². The van der Waals surface area contributed by atoms with Crippen molar-refractivity contribution in [3.05, 3.63) is 0 Å². The molecule has 8 N–H and O–H groups in total. The fraction of sp³-hybridized carbons (Fsp3) is 0. The third kappa shape index (κ3) is 3.12. The molecule has 7 heteroatoms. The first-order valence-electron chi connectivity index (χ1n) is 1.99. The van der Waals surface area contributed by atoms with E-state index >= 15 is 0 Å². The second-order valence-electron chi connectivity index (χ2n) is 1.23. The van der Waals surface area contributed by atoms with Gasteiger partial charge in [0.05, 0.1) is 0 Å². The molecule has 52 valence electrons. The minimum Gasteiger partial charge on any atom is -0.367 e. The summed E-state index contributed by atoms with van der Waals surface area (Å²) in [6.07, 6.45) is 0. The van der Waals surface area contributed by atoms with Crippen molar-refractivity contribution in [1.29, 1.82) is 5.41 Å². The van der Waals surface area contributed by atoms with E-state index < -0.39 is 12.0 Å². The minimum absolute atomic E-state index is 0.492. The van der Waals surface area contributed by atoms with Gasteiger partial charge in [0.1, 0.15) is 0 Å². The molecule has 0 aromatic rings. The summed E-state index contributed by atoms with van der Waals surface area (Å²) in [5.41, 5.74) is 11.2. The minimum atomic E-state index is -0.868. The Morgan fingerprint density at radius 1 is 1.56 bits per heavy atom. The SMILES string of the molecule is N=C(N)N(N)NC(N)=O. The molecule has 0 rings (SSSR count). The van der Waals surface area contributed by atoms with Gasteiger partial charge in [-0.3, -0.25) is 5.41 Å². The van der Waals surface area contributed by atoms with Crippen LogP contribution in [0.2, 0.25) is 0 Å². The zero-order valence-electron chi connectivity index (χ0n) is 4.59. The third-order valence-electron chi connectivity index (χ3n) is 0.490. The molecule has 0 aromatic carbocycles. The Kier molecular flexibility index (Phi) is 2.27. The Morgan fingerprint density at radius 2 is 2.00 bits per heavy atom. The van der Waals surface area contributed by atoms with E-state index in [0.29, 0.717) is 5.12 Å². The molecule has 0 aliphatic heterocycles. The lowest BCUT2D eigenvalue weighted by Gasteiger charge is -2.13. The normalized spacial score (nSPS) is 8.11. The topological polar surface area (TPSA) is 134 Å². The van der Waals surface area contributed by atoms with Crippen LogP contribution in [0.5, 0.6) is 0 Å². The van der Waals surface area contributed by atoms with Crippen LogP contribution in [0, 0.1) is 5.41 Å². The van der Waals surface area contributed by atoms with E-state index in [0.717, 1.165) is 0 Å². The number of nitrogens with two attached hydrogens (primary N) is 3. The van der Waals surface area contributed by atoms with Gasteiger partial charge in [0, 0.05) is 0 Å². The van der Waals surface area contributed by atoms with Crippen LogP contribution < -0.4 is 22.7 Å². The quantitative estimate of drug-likeness (QED) is 0.109. The summed E-state index contributed by atoms with van der Waals surface area (Å²) in [5.74, 6) is 4.40. The number of carbonyl (C=O) groups excluding carboxylic acids is 1. The average molecular weight is 132 g/mol. The van der Waals surface area contributed by atoms with Crippen molar-refractivity contribution >= 4 is 12.0 Å². The zero-order valence-corrected chi connectivity index (χ0v) is 4.59. The molecule has 7 nitrogen and oxygen atoms in total. The highest BCUT2D eigenvalue weighted by Gasteiger charge is 1.99. The predicted octanol–water partition coefficient (Wildman–Crippen LogP) is -2.36. The largest absolute Gasteiger partial charge is 0.367 e. The first kappa shape index (κ1) is 7.50. The maximum atomic E-state index is 9.95. The molecule has 0 unspecified atom stereocenters. The van der Waals surface area contributed by atoms with Crippen molar-refractivity contribution < 1.29 is 4.79 Å². The number of primary amides is 1. The molecule has 0 bridgehead atoms. The smallest absolute Gasteiger partial charge is 0.332 e. The van der Waals surface area contributed by atoms with Crippen molar-refractivity contribution in [2.24, 2.45) is 17.3 Å². The Bertz CT molecular complexity index is 131. The van der Waals surface area contributed by atoms with Gasteiger partial charge in [-0.15, -0.1) is 0 Å². The average Bonchev–Trinajstić information content (AvgIpc) is 1.63. The number of nitrogens with one attached hydrogen (secondary N) is 2. The molecular weight excluding hydrogens is 124 g/mol. The van der Waals surface area contributed by atoms with Crippen LogP contribution in [0.15, 0.2) is 0 Å². The van der Waals surface area contributed by atoms with Crippen LogP contribution in [0.3, 0.4) is 0 Å². The van der Waals surface area contributed by atoms with E-state index in [9.17, 15) is 4.79 Å². The van der Waals surface area contributed by atoms with E-state index in [1.165, 1.54) is 0 Å². The molecule has 0 atom stereocenters. The first-order chi connectivity index (χ1) is 4.04. The summed E-state index contributed by atoms with van der Waals surface area (Å²) in [4.78, 5) is 9.95. The fourth-order valence-electron chi connectivity index (χ4n) is 0.179. The van der Waals surface area contributed by atoms with Gasteiger partial charge >= 0.3 is 6.03 Å². The summed E-state index contributed by atoms with van der Waals surface area (Å²) in [7, 11) is 0. The van der Waals surface area contributed by atoms with Gasteiger partial charge < -0.3 is 11.5 Å². The molecule has 0 saturated carbocycles. The first-order valence-corrected chi connectivity index (χ1v) is 1.99. The van der Waals surface area contributed by atoms with Gasteiger partial charge in [-0.25, -0.2) is 16.1 Å². The molecule has 2 amide bonds. The standard InChI is InChI=1S/C2H8N6O/c3-1(4)8(6)7-2(5)9/h6H2,(H3,3,4)(H3,5,7,9). The van der Waals surface area contributed by atoms with Crippen LogP contribution in [0.25, 0.3) is 0 Å². The number of carbonyl (C=O) groups is 1. The number of amides is 2. The molecule has 0 spiro atoms. The molecule has 0 radical (unpaired) electrons. The van der Waals surface area contributed by atoms with Gasteiger partial charge in [-0.05, 0) is 0 Å². The number of guanidine groups is 1. The Labute approximate surface area is 51.2 Å². The van der Waals surface area contributed by atoms with Crippen LogP contribution >= 0.6 is 0 Å². The van der Waals surface area contributed by atoms with Gasteiger partial charge in [-0.1, -0.05) is 0 Å². The predicted molar refractivity (Wildman–Crippen MR) is 30.7 cm³/mol. The Balaban J connectivity index is 3.63. The fourth-order valence-corrected chi connectivity index (χ4v) is 0.179. The molecule has 0 saturated heterocycles. The zero-order chi connectivity index (χ0) is 7.44. The lowest BCUT2D eigenvalue weighted by Crippen LogP contribution is -2.55. The molecule has 0 aliphatic carbocycles. The van der Waals surface area contributed by atoms with E-state index in [1.54, 1.807) is 0 Å². The second-order valence-corrected chi connectivity index (χ2v) is 1.23. The summed E-state index contributed by atoms with van der Waals surface area (Å²) in [6, 6.07) is -0.868. The monoisotopic (exact) mass is 132 g/mol. The van der Waals surface area contributed by atoms with Crippen molar-refractivity contribution in [3.63, 3.8) is 0 Å². The summed E-state index contributed by atoms with van der Waals surface area (Å²) >= 11 is 0.